The lowest BCUT2D eigenvalue weighted by Crippen LogP contribution is -2.03. The number of hydrogen-bond acceptors (Lipinski definition) is 4. The van der Waals surface area contributed by atoms with Gasteiger partial charge in [0.05, 0.1) is 18.2 Å². The van der Waals surface area contributed by atoms with Crippen molar-refractivity contribution in [2.75, 3.05) is 7.11 Å². The zero-order valence-electron chi connectivity index (χ0n) is 11.3. The van der Waals surface area contributed by atoms with E-state index >= 15 is 0 Å². The molecule has 0 amide bonds. The zero-order valence-corrected chi connectivity index (χ0v) is 12.1. The highest BCUT2D eigenvalue weighted by molar-refractivity contribution is 6.30. The number of esters is 1. The second-order valence-corrected chi connectivity index (χ2v) is 4.67. The van der Waals surface area contributed by atoms with E-state index in [1.54, 1.807) is 36.4 Å². The lowest BCUT2D eigenvalue weighted by Gasteiger charge is -2.09. The van der Waals surface area contributed by atoms with Crippen molar-refractivity contribution in [2.45, 2.75) is 6.61 Å². The highest BCUT2D eigenvalue weighted by Gasteiger charge is 2.08. The second-order valence-electron chi connectivity index (χ2n) is 4.23. The molecule has 5 heteroatoms. The minimum atomic E-state index is -0.402. The Morgan fingerprint density at radius 1 is 1.29 bits per heavy atom. The maximum Gasteiger partial charge on any atom is 0.337 e. The van der Waals surface area contributed by atoms with Gasteiger partial charge in [0.2, 0.25) is 0 Å². The molecule has 0 atom stereocenters. The highest BCUT2D eigenvalue weighted by Crippen LogP contribution is 2.23. The lowest BCUT2D eigenvalue weighted by molar-refractivity contribution is 0.0600. The SMILES string of the molecule is COC(=O)c1cccc(COc2ccc(Cl)cc2C#N)c1. The van der Waals surface area contributed by atoms with Crippen molar-refractivity contribution in [2.24, 2.45) is 0 Å². The standard InChI is InChI=1S/C16H12ClNO3/c1-20-16(19)12-4-2-3-11(7-12)10-21-15-6-5-14(17)8-13(15)9-18/h2-8H,10H2,1H3. The van der Waals surface area contributed by atoms with Gasteiger partial charge in [0.25, 0.3) is 0 Å². The van der Waals surface area contributed by atoms with Crippen LogP contribution in [0.4, 0.5) is 0 Å². The Bertz CT molecular complexity index is 707. The Kier molecular flexibility index (Phi) is 4.81. The molecule has 0 heterocycles. The molecule has 2 aromatic carbocycles. The van der Waals surface area contributed by atoms with E-state index in [1.807, 2.05) is 12.1 Å². The summed E-state index contributed by atoms with van der Waals surface area (Å²) in [6.07, 6.45) is 0. The fourth-order valence-corrected chi connectivity index (χ4v) is 1.95. The van der Waals surface area contributed by atoms with Gasteiger partial charge in [0.15, 0.2) is 0 Å². The molecule has 4 nitrogen and oxygen atoms in total. The number of halogens is 1. The summed E-state index contributed by atoms with van der Waals surface area (Å²) < 4.78 is 10.3. The fourth-order valence-electron chi connectivity index (χ4n) is 1.78. The molecule has 0 saturated carbocycles. The lowest BCUT2D eigenvalue weighted by atomic mass is 10.1. The van der Waals surface area contributed by atoms with Crippen molar-refractivity contribution in [3.8, 4) is 11.8 Å². The fraction of sp³-hybridized carbons (Fsp3) is 0.125. The molecular weight excluding hydrogens is 290 g/mol. The minimum Gasteiger partial charge on any atom is -0.488 e. The largest absolute Gasteiger partial charge is 0.488 e. The third kappa shape index (κ3) is 3.74. The summed E-state index contributed by atoms with van der Waals surface area (Å²) in [7, 11) is 1.33. The van der Waals surface area contributed by atoms with Gasteiger partial charge >= 0.3 is 5.97 Å². The summed E-state index contributed by atoms with van der Waals surface area (Å²) in [5.41, 5.74) is 1.62. The number of hydrogen-bond donors (Lipinski definition) is 0. The van der Waals surface area contributed by atoms with E-state index in [4.69, 9.17) is 21.6 Å². The van der Waals surface area contributed by atoms with Crippen molar-refractivity contribution in [1.29, 1.82) is 5.26 Å². The van der Waals surface area contributed by atoms with Crippen LogP contribution in [-0.2, 0) is 11.3 Å². The Morgan fingerprint density at radius 2 is 2.10 bits per heavy atom. The first-order chi connectivity index (χ1) is 10.1. The summed E-state index contributed by atoms with van der Waals surface area (Å²) in [5, 5.41) is 9.52. The Hall–Kier alpha value is -2.51. The first kappa shape index (κ1) is 14.9. The molecular formula is C16H12ClNO3. The van der Waals surface area contributed by atoms with Crippen molar-refractivity contribution in [3.05, 3.63) is 64.2 Å². The average Bonchev–Trinajstić information content (AvgIpc) is 2.53. The van der Waals surface area contributed by atoms with Crippen molar-refractivity contribution in [3.63, 3.8) is 0 Å². The van der Waals surface area contributed by atoms with Crippen LogP contribution in [0.1, 0.15) is 21.5 Å². The van der Waals surface area contributed by atoms with Gasteiger partial charge in [-0.1, -0.05) is 23.7 Å². The van der Waals surface area contributed by atoms with Gasteiger partial charge in [0.1, 0.15) is 18.4 Å². The molecule has 0 fully saturated rings. The van der Waals surface area contributed by atoms with E-state index < -0.39 is 5.97 Å². The van der Waals surface area contributed by atoms with Crippen LogP contribution >= 0.6 is 11.6 Å². The van der Waals surface area contributed by atoms with Crippen LogP contribution < -0.4 is 4.74 Å². The molecule has 0 aliphatic rings. The van der Waals surface area contributed by atoms with Gasteiger partial charge in [-0.05, 0) is 35.9 Å². The summed E-state index contributed by atoms with van der Waals surface area (Å²) in [4.78, 5) is 11.5. The van der Waals surface area contributed by atoms with Crippen LogP contribution in [0.3, 0.4) is 0 Å². The second kappa shape index (κ2) is 6.78. The zero-order chi connectivity index (χ0) is 15.2. The normalized spacial score (nSPS) is 9.76. The maximum absolute atomic E-state index is 11.5. The van der Waals surface area contributed by atoms with E-state index in [0.29, 0.717) is 21.9 Å². The Morgan fingerprint density at radius 3 is 2.81 bits per heavy atom. The number of nitrogens with zero attached hydrogens (tertiary/aromatic N) is 1. The van der Waals surface area contributed by atoms with Gasteiger partial charge in [-0.2, -0.15) is 5.26 Å². The minimum absolute atomic E-state index is 0.237. The van der Waals surface area contributed by atoms with E-state index in [1.165, 1.54) is 7.11 Å². The molecule has 0 aliphatic carbocycles. The number of nitriles is 1. The molecule has 0 aromatic heterocycles. The molecule has 2 rings (SSSR count). The molecule has 0 aliphatic heterocycles. The molecule has 0 saturated heterocycles. The van der Waals surface area contributed by atoms with Gasteiger partial charge in [-0.15, -0.1) is 0 Å². The van der Waals surface area contributed by atoms with Crippen molar-refractivity contribution in [1.82, 2.24) is 0 Å². The topological polar surface area (TPSA) is 59.3 Å². The predicted octanol–water partition coefficient (Wildman–Crippen LogP) is 3.58. The first-order valence-electron chi connectivity index (χ1n) is 6.13. The molecule has 0 radical (unpaired) electrons. The molecule has 0 unspecified atom stereocenters. The van der Waals surface area contributed by atoms with E-state index in [-0.39, 0.29) is 6.61 Å². The molecule has 0 bridgehead atoms. The van der Waals surface area contributed by atoms with Crippen LogP contribution in [0.5, 0.6) is 5.75 Å². The third-order valence-electron chi connectivity index (χ3n) is 2.80. The summed E-state index contributed by atoms with van der Waals surface area (Å²) in [5.74, 6) is 0.0476. The highest BCUT2D eigenvalue weighted by atomic mass is 35.5. The monoisotopic (exact) mass is 301 g/mol. The summed E-state index contributed by atoms with van der Waals surface area (Å²) in [6.45, 7) is 0.237. The van der Waals surface area contributed by atoms with E-state index in [2.05, 4.69) is 4.74 Å². The molecule has 106 valence electrons. The van der Waals surface area contributed by atoms with E-state index in [9.17, 15) is 4.79 Å². The third-order valence-corrected chi connectivity index (χ3v) is 3.04. The number of ether oxygens (including phenoxy) is 2. The smallest absolute Gasteiger partial charge is 0.337 e. The number of rotatable bonds is 4. The van der Waals surface area contributed by atoms with Gasteiger partial charge in [-0.3, -0.25) is 0 Å². The van der Waals surface area contributed by atoms with Gasteiger partial charge in [0, 0.05) is 5.02 Å². The Labute approximate surface area is 127 Å². The van der Waals surface area contributed by atoms with Crippen LogP contribution in [0.2, 0.25) is 5.02 Å². The van der Waals surface area contributed by atoms with Crippen LogP contribution in [0.15, 0.2) is 42.5 Å². The molecule has 0 spiro atoms. The maximum atomic E-state index is 11.5. The number of benzene rings is 2. The van der Waals surface area contributed by atoms with Gasteiger partial charge in [-0.25, -0.2) is 4.79 Å². The quantitative estimate of drug-likeness (QED) is 0.810. The summed E-state index contributed by atoms with van der Waals surface area (Å²) >= 11 is 5.83. The number of carbonyl (C=O) groups excluding carboxylic acids is 1. The molecule has 21 heavy (non-hydrogen) atoms. The Balaban J connectivity index is 2.14. The number of carbonyl (C=O) groups is 1. The number of methoxy groups -OCH3 is 1. The van der Waals surface area contributed by atoms with Crippen molar-refractivity contribution < 1.29 is 14.3 Å². The van der Waals surface area contributed by atoms with Gasteiger partial charge < -0.3 is 9.47 Å². The molecule has 2 aromatic rings. The van der Waals surface area contributed by atoms with Crippen LogP contribution in [-0.4, -0.2) is 13.1 Å². The van der Waals surface area contributed by atoms with Crippen molar-refractivity contribution >= 4 is 17.6 Å². The first-order valence-corrected chi connectivity index (χ1v) is 6.51. The van der Waals surface area contributed by atoms with E-state index in [0.717, 1.165) is 5.56 Å². The van der Waals surface area contributed by atoms with Crippen LogP contribution in [0.25, 0.3) is 0 Å². The van der Waals surface area contributed by atoms with Crippen LogP contribution in [0, 0.1) is 11.3 Å². The predicted molar refractivity (Wildman–Crippen MR) is 78.3 cm³/mol. The molecule has 0 N–H and O–H groups in total. The average molecular weight is 302 g/mol. The summed E-state index contributed by atoms with van der Waals surface area (Å²) in [6, 6.07) is 13.8.